The van der Waals surface area contributed by atoms with Crippen molar-refractivity contribution in [3.05, 3.63) is 76.2 Å². The van der Waals surface area contributed by atoms with E-state index in [9.17, 15) is 14.0 Å². The summed E-state index contributed by atoms with van der Waals surface area (Å²) in [7, 11) is 0. The van der Waals surface area contributed by atoms with E-state index in [2.05, 4.69) is 4.98 Å². The number of ether oxygens (including phenoxy) is 1. The summed E-state index contributed by atoms with van der Waals surface area (Å²) in [5, 5.41) is 1.19. The molecule has 138 valence electrons. The molecule has 0 fully saturated rings. The molecule has 6 heteroatoms. The predicted octanol–water partition coefficient (Wildman–Crippen LogP) is 5.04. The molecule has 0 bridgehead atoms. The molecule has 4 nitrogen and oxygen atoms in total. The third kappa shape index (κ3) is 4.89. The summed E-state index contributed by atoms with van der Waals surface area (Å²) in [6.07, 6.45) is -0.0680. The average Bonchev–Trinajstić information content (AvgIpc) is 2.65. The first-order chi connectivity index (χ1) is 12.9. The second-order valence-electron chi connectivity index (χ2n) is 6.23. The monoisotopic (exact) mass is 385 g/mol. The van der Waals surface area contributed by atoms with Crippen molar-refractivity contribution in [3.8, 4) is 0 Å². The number of rotatable bonds is 6. The number of fused-ring (bicyclic) bond motifs is 1. The minimum atomic E-state index is -0.509. The molecule has 1 aromatic heterocycles. The maximum absolute atomic E-state index is 12.9. The van der Waals surface area contributed by atoms with E-state index in [4.69, 9.17) is 16.3 Å². The molecule has 27 heavy (non-hydrogen) atoms. The summed E-state index contributed by atoms with van der Waals surface area (Å²) >= 11 is 6.17. The summed E-state index contributed by atoms with van der Waals surface area (Å²) in [5.41, 5.74) is 2.82. The third-order valence-corrected chi connectivity index (χ3v) is 4.44. The van der Waals surface area contributed by atoms with Crippen molar-refractivity contribution < 1.29 is 18.7 Å². The molecule has 0 aliphatic carbocycles. The van der Waals surface area contributed by atoms with Gasteiger partial charge in [-0.15, -0.1) is 0 Å². The van der Waals surface area contributed by atoms with Gasteiger partial charge in [0.2, 0.25) is 0 Å². The molecular weight excluding hydrogens is 369 g/mol. The highest BCUT2D eigenvalue weighted by Gasteiger charge is 2.12. The van der Waals surface area contributed by atoms with E-state index in [0.717, 1.165) is 16.5 Å². The Labute approximate surface area is 160 Å². The van der Waals surface area contributed by atoms with Crippen LogP contribution in [0, 0.1) is 12.7 Å². The molecule has 1 heterocycles. The first-order valence-electron chi connectivity index (χ1n) is 8.42. The third-order valence-electron chi connectivity index (χ3n) is 4.11. The molecule has 0 aliphatic rings. The number of carbonyl (C=O) groups excluding carboxylic acids is 2. The number of benzene rings is 2. The van der Waals surface area contributed by atoms with Crippen molar-refractivity contribution in [1.29, 1.82) is 0 Å². The first kappa shape index (κ1) is 19.0. The number of Topliss-reactive ketones (excluding diaryl/α,β-unsaturated/α-hetero) is 1. The van der Waals surface area contributed by atoms with Crippen LogP contribution in [0.5, 0.6) is 0 Å². The summed E-state index contributed by atoms with van der Waals surface area (Å²) in [4.78, 5) is 28.3. The van der Waals surface area contributed by atoms with Crippen LogP contribution in [0.3, 0.4) is 0 Å². The van der Waals surface area contributed by atoms with Gasteiger partial charge in [0.25, 0.3) is 0 Å². The van der Waals surface area contributed by atoms with Crippen LogP contribution in [0.1, 0.15) is 34.3 Å². The highest BCUT2D eigenvalue weighted by molar-refractivity contribution is 6.30. The van der Waals surface area contributed by atoms with Gasteiger partial charge in [0.1, 0.15) is 17.6 Å². The van der Waals surface area contributed by atoms with Gasteiger partial charge in [-0.2, -0.15) is 0 Å². The van der Waals surface area contributed by atoms with Crippen molar-refractivity contribution in [2.45, 2.75) is 26.4 Å². The molecule has 0 aliphatic heterocycles. The molecule has 0 saturated heterocycles. The standard InChI is InChI=1S/C21H17ClFNO3/c1-13-2-3-15-11-16(21(22)24-18(15)10-13)12-27-20(26)9-8-19(25)14-4-6-17(23)7-5-14/h2-7,10-11H,8-9,12H2,1H3. The largest absolute Gasteiger partial charge is 0.461 e. The molecule has 0 amide bonds. The van der Waals surface area contributed by atoms with Crippen molar-refractivity contribution in [2.24, 2.45) is 0 Å². The van der Waals surface area contributed by atoms with Gasteiger partial charge in [0.05, 0.1) is 11.9 Å². The lowest BCUT2D eigenvalue weighted by molar-refractivity contribution is -0.144. The van der Waals surface area contributed by atoms with Gasteiger partial charge >= 0.3 is 5.97 Å². The number of aryl methyl sites for hydroxylation is 1. The van der Waals surface area contributed by atoms with E-state index < -0.39 is 11.8 Å². The van der Waals surface area contributed by atoms with Crippen LogP contribution in [-0.4, -0.2) is 16.7 Å². The van der Waals surface area contributed by atoms with Gasteiger partial charge < -0.3 is 4.74 Å². The molecular formula is C21H17ClFNO3. The number of hydrogen-bond acceptors (Lipinski definition) is 4. The SMILES string of the molecule is Cc1ccc2cc(COC(=O)CCC(=O)c3ccc(F)cc3)c(Cl)nc2c1. The Morgan fingerprint density at radius 1 is 1.07 bits per heavy atom. The lowest BCUT2D eigenvalue weighted by Gasteiger charge is -2.08. The van der Waals surface area contributed by atoms with Crippen molar-refractivity contribution >= 4 is 34.3 Å². The molecule has 2 aromatic carbocycles. The number of carbonyl (C=O) groups is 2. The Morgan fingerprint density at radius 2 is 1.81 bits per heavy atom. The number of ketones is 1. The van der Waals surface area contributed by atoms with E-state index in [1.165, 1.54) is 24.3 Å². The van der Waals surface area contributed by atoms with Gasteiger partial charge in [0.15, 0.2) is 5.78 Å². The summed E-state index contributed by atoms with van der Waals surface area (Å²) in [6.45, 7) is 1.96. The Hall–Kier alpha value is -2.79. The number of halogens is 2. The Balaban J connectivity index is 1.56. The van der Waals surface area contributed by atoms with E-state index in [-0.39, 0.29) is 30.4 Å². The van der Waals surface area contributed by atoms with Crippen molar-refractivity contribution in [3.63, 3.8) is 0 Å². The topological polar surface area (TPSA) is 56.3 Å². The van der Waals surface area contributed by atoms with Gasteiger partial charge in [-0.05, 0) is 48.9 Å². The Bertz CT molecular complexity index is 1000. The van der Waals surface area contributed by atoms with Gasteiger partial charge in [-0.25, -0.2) is 9.37 Å². The van der Waals surface area contributed by atoms with E-state index in [1.54, 1.807) is 0 Å². The highest BCUT2D eigenvalue weighted by atomic mass is 35.5. The predicted molar refractivity (Wildman–Crippen MR) is 101 cm³/mol. The normalized spacial score (nSPS) is 10.8. The maximum atomic E-state index is 12.9. The molecule has 0 spiro atoms. The molecule has 3 aromatic rings. The molecule has 0 N–H and O–H groups in total. The second-order valence-corrected chi connectivity index (χ2v) is 6.58. The van der Waals surface area contributed by atoms with Crippen molar-refractivity contribution in [1.82, 2.24) is 4.98 Å². The lowest BCUT2D eigenvalue weighted by Crippen LogP contribution is -2.09. The quantitative estimate of drug-likeness (QED) is 0.339. The number of pyridine rings is 1. The van der Waals surface area contributed by atoms with Gasteiger partial charge in [-0.3, -0.25) is 9.59 Å². The minimum Gasteiger partial charge on any atom is -0.461 e. The average molecular weight is 386 g/mol. The van der Waals surface area contributed by atoms with Crippen LogP contribution in [-0.2, 0) is 16.1 Å². The molecule has 0 unspecified atom stereocenters. The number of esters is 1. The molecule has 0 saturated carbocycles. The summed E-state index contributed by atoms with van der Waals surface area (Å²) < 4.78 is 18.1. The smallest absolute Gasteiger partial charge is 0.306 e. The van der Waals surface area contributed by atoms with E-state index in [0.29, 0.717) is 11.1 Å². The van der Waals surface area contributed by atoms with Crippen molar-refractivity contribution in [2.75, 3.05) is 0 Å². The first-order valence-corrected chi connectivity index (χ1v) is 8.80. The highest BCUT2D eigenvalue weighted by Crippen LogP contribution is 2.22. The number of aromatic nitrogens is 1. The number of hydrogen-bond donors (Lipinski definition) is 0. The molecule has 0 radical (unpaired) electrons. The fourth-order valence-electron chi connectivity index (χ4n) is 2.62. The van der Waals surface area contributed by atoms with E-state index >= 15 is 0 Å². The van der Waals surface area contributed by atoms with Crippen LogP contribution in [0.15, 0.2) is 48.5 Å². The number of nitrogens with zero attached hydrogens (tertiary/aromatic N) is 1. The van der Waals surface area contributed by atoms with E-state index in [1.807, 2.05) is 31.2 Å². The minimum absolute atomic E-state index is 0.00650. The lowest BCUT2D eigenvalue weighted by atomic mass is 10.1. The molecule has 3 rings (SSSR count). The zero-order chi connectivity index (χ0) is 19.4. The fraction of sp³-hybridized carbons (Fsp3) is 0.190. The van der Waals surface area contributed by atoms with Crippen LogP contribution in [0.2, 0.25) is 5.15 Å². The fourth-order valence-corrected chi connectivity index (χ4v) is 2.82. The Kier molecular flexibility index (Phi) is 5.81. The summed E-state index contributed by atoms with van der Waals surface area (Å²) in [5.74, 6) is -1.17. The summed E-state index contributed by atoms with van der Waals surface area (Å²) in [6, 6.07) is 12.9. The zero-order valence-electron chi connectivity index (χ0n) is 14.7. The van der Waals surface area contributed by atoms with Crippen LogP contribution < -0.4 is 0 Å². The van der Waals surface area contributed by atoms with Crippen LogP contribution >= 0.6 is 11.6 Å². The van der Waals surface area contributed by atoms with Gasteiger partial charge in [0, 0.05) is 22.9 Å². The second kappa shape index (κ2) is 8.27. The zero-order valence-corrected chi connectivity index (χ0v) is 15.4. The Morgan fingerprint density at radius 3 is 2.56 bits per heavy atom. The maximum Gasteiger partial charge on any atom is 0.306 e. The van der Waals surface area contributed by atoms with Crippen LogP contribution in [0.25, 0.3) is 10.9 Å². The van der Waals surface area contributed by atoms with Gasteiger partial charge in [-0.1, -0.05) is 23.7 Å². The van der Waals surface area contributed by atoms with Crippen LogP contribution in [0.4, 0.5) is 4.39 Å². The molecule has 0 atom stereocenters.